The summed E-state index contributed by atoms with van der Waals surface area (Å²) >= 11 is 0. The highest BCUT2D eigenvalue weighted by molar-refractivity contribution is 6.23. The zero-order valence-corrected chi connectivity index (χ0v) is 12.6. The molecule has 2 aromatic heterocycles. The van der Waals surface area contributed by atoms with Crippen LogP contribution < -0.4 is 5.32 Å². The molecule has 122 valence electrons. The summed E-state index contributed by atoms with van der Waals surface area (Å²) < 4.78 is 5.13. The molecule has 3 heterocycles. The summed E-state index contributed by atoms with van der Waals surface area (Å²) in [5.41, 5.74) is 0.848. The number of hydrogen-bond donors (Lipinski definition) is 1. The van der Waals surface area contributed by atoms with E-state index in [0.29, 0.717) is 5.76 Å². The molecule has 1 unspecified atom stereocenters. The Morgan fingerprint density at radius 1 is 1.29 bits per heavy atom. The summed E-state index contributed by atoms with van der Waals surface area (Å²) in [7, 11) is 0. The first-order valence-electron chi connectivity index (χ1n) is 7.22. The third kappa shape index (κ3) is 3.37. The second kappa shape index (κ2) is 6.86. The first-order chi connectivity index (χ1) is 11.6. The number of aliphatic imine (C=N–C) groups is 1. The topological polar surface area (TPSA) is 105 Å². The van der Waals surface area contributed by atoms with Gasteiger partial charge in [0.15, 0.2) is 5.92 Å². The highest BCUT2D eigenvalue weighted by Crippen LogP contribution is 2.14. The van der Waals surface area contributed by atoms with E-state index >= 15 is 0 Å². The van der Waals surface area contributed by atoms with Crippen LogP contribution in [-0.2, 0) is 22.7 Å². The van der Waals surface area contributed by atoms with E-state index in [1.165, 1.54) is 12.5 Å². The number of carbonyl (C=O) groups excluding carboxylic acids is 3. The molecular formula is C16H14N4O4. The summed E-state index contributed by atoms with van der Waals surface area (Å²) in [6.07, 6.45) is 5.99. The van der Waals surface area contributed by atoms with Crippen LogP contribution in [0.2, 0.25) is 0 Å². The Balaban J connectivity index is 1.70. The number of furan rings is 1. The number of pyridine rings is 1. The Morgan fingerprint density at radius 2 is 2.17 bits per heavy atom. The molecule has 1 aliphatic rings. The normalized spacial score (nSPS) is 18.2. The van der Waals surface area contributed by atoms with E-state index in [4.69, 9.17) is 4.42 Å². The third-order valence-electron chi connectivity index (χ3n) is 3.44. The van der Waals surface area contributed by atoms with Gasteiger partial charge in [0.2, 0.25) is 11.8 Å². The van der Waals surface area contributed by atoms with Crippen molar-refractivity contribution in [2.75, 3.05) is 0 Å². The van der Waals surface area contributed by atoms with Crippen molar-refractivity contribution in [2.24, 2.45) is 10.9 Å². The molecule has 8 nitrogen and oxygen atoms in total. The van der Waals surface area contributed by atoms with Crippen LogP contribution in [0, 0.1) is 5.92 Å². The molecule has 0 bridgehead atoms. The van der Waals surface area contributed by atoms with Crippen LogP contribution >= 0.6 is 0 Å². The van der Waals surface area contributed by atoms with E-state index in [1.807, 2.05) is 6.07 Å². The second-order valence-corrected chi connectivity index (χ2v) is 5.13. The van der Waals surface area contributed by atoms with Crippen LogP contribution in [0.5, 0.6) is 0 Å². The Hall–Kier alpha value is -3.29. The van der Waals surface area contributed by atoms with E-state index in [1.54, 1.807) is 30.6 Å². The lowest BCUT2D eigenvalue weighted by molar-refractivity contribution is -0.139. The predicted molar refractivity (Wildman–Crippen MR) is 82.7 cm³/mol. The summed E-state index contributed by atoms with van der Waals surface area (Å²) in [6.45, 7) is 0.245. The minimum Gasteiger partial charge on any atom is -0.467 e. The molecule has 0 saturated carbocycles. The van der Waals surface area contributed by atoms with Gasteiger partial charge in [-0.2, -0.15) is 0 Å². The molecule has 8 heteroatoms. The lowest BCUT2D eigenvalue weighted by Gasteiger charge is -2.27. The van der Waals surface area contributed by atoms with Crippen LogP contribution in [0.1, 0.15) is 11.3 Å². The Morgan fingerprint density at radius 3 is 2.88 bits per heavy atom. The Kier molecular flexibility index (Phi) is 4.46. The largest absolute Gasteiger partial charge is 0.467 e. The van der Waals surface area contributed by atoms with Gasteiger partial charge in [0.1, 0.15) is 5.76 Å². The number of imide groups is 2. The Labute approximate surface area is 137 Å². The van der Waals surface area contributed by atoms with Gasteiger partial charge in [0.25, 0.3) is 0 Å². The molecule has 1 saturated heterocycles. The van der Waals surface area contributed by atoms with Crippen molar-refractivity contribution in [3.05, 3.63) is 54.2 Å². The molecule has 3 rings (SSSR count). The molecule has 1 fully saturated rings. The van der Waals surface area contributed by atoms with Crippen LogP contribution in [-0.4, -0.2) is 33.9 Å². The van der Waals surface area contributed by atoms with Crippen LogP contribution in [0.4, 0.5) is 4.79 Å². The van der Waals surface area contributed by atoms with Crippen molar-refractivity contribution < 1.29 is 18.8 Å². The maximum atomic E-state index is 12.4. The number of amides is 4. The number of barbiturate groups is 1. The van der Waals surface area contributed by atoms with Gasteiger partial charge in [-0.15, -0.1) is 0 Å². The number of hydrogen-bond acceptors (Lipinski definition) is 6. The van der Waals surface area contributed by atoms with Crippen molar-refractivity contribution in [2.45, 2.75) is 13.1 Å². The first kappa shape index (κ1) is 15.6. The number of nitrogens with zero attached hydrogens (tertiary/aromatic N) is 3. The van der Waals surface area contributed by atoms with E-state index < -0.39 is 23.8 Å². The molecular weight excluding hydrogens is 312 g/mol. The fourth-order valence-electron chi connectivity index (χ4n) is 2.23. The average Bonchev–Trinajstić information content (AvgIpc) is 3.09. The SMILES string of the molecule is O=C1NC(=O)N(Cc2ccco2)C(=O)C1C=NCc1cccnc1. The van der Waals surface area contributed by atoms with Crippen molar-refractivity contribution in [1.29, 1.82) is 0 Å². The number of aromatic nitrogens is 1. The summed E-state index contributed by atoms with van der Waals surface area (Å²) in [5, 5.41) is 2.15. The Bertz CT molecular complexity index is 771. The van der Waals surface area contributed by atoms with Crippen LogP contribution in [0.3, 0.4) is 0 Å². The molecule has 1 N–H and O–H groups in total. The molecule has 1 atom stereocenters. The molecule has 0 aliphatic carbocycles. The van der Waals surface area contributed by atoms with Crippen LogP contribution in [0.15, 0.2) is 52.3 Å². The van der Waals surface area contributed by atoms with Gasteiger partial charge in [-0.25, -0.2) is 4.79 Å². The summed E-state index contributed by atoms with van der Waals surface area (Å²) in [6, 6.07) is 6.13. The standard InChI is InChI=1S/C16H14N4O4/c21-14-13(9-18-8-11-3-1-5-17-7-11)15(22)20(16(23)19-14)10-12-4-2-6-24-12/h1-7,9,13H,8,10H2,(H,19,21,23). The maximum Gasteiger partial charge on any atom is 0.331 e. The minimum absolute atomic E-state index is 0.0438. The molecule has 0 spiro atoms. The smallest absolute Gasteiger partial charge is 0.331 e. The van der Waals surface area contributed by atoms with E-state index in [0.717, 1.165) is 10.5 Å². The fourth-order valence-corrected chi connectivity index (χ4v) is 2.23. The predicted octanol–water partition coefficient (Wildman–Crippen LogP) is 1.14. The fraction of sp³-hybridized carbons (Fsp3) is 0.188. The van der Waals surface area contributed by atoms with Gasteiger partial charge < -0.3 is 4.42 Å². The molecule has 24 heavy (non-hydrogen) atoms. The number of rotatable bonds is 5. The monoisotopic (exact) mass is 326 g/mol. The minimum atomic E-state index is -1.14. The quantitative estimate of drug-likeness (QED) is 0.655. The van der Waals surface area contributed by atoms with Gasteiger partial charge in [-0.05, 0) is 23.8 Å². The lowest BCUT2D eigenvalue weighted by atomic mass is 10.1. The van der Waals surface area contributed by atoms with Gasteiger partial charge in [0.05, 0.1) is 19.4 Å². The third-order valence-corrected chi connectivity index (χ3v) is 3.44. The summed E-state index contributed by atoms with van der Waals surface area (Å²) in [4.78, 5) is 45.2. The van der Waals surface area contributed by atoms with Crippen LogP contribution in [0.25, 0.3) is 0 Å². The van der Waals surface area contributed by atoms with Gasteiger partial charge in [0, 0.05) is 18.6 Å². The highest BCUT2D eigenvalue weighted by atomic mass is 16.3. The number of nitrogens with one attached hydrogen (secondary N) is 1. The maximum absolute atomic E-state index is 12.4. The molecule has 0 aromatic carbocycles. The second-order valence-electron chi connectivity index (χ2n) is 5.13. The number of urea groups is 1. The number of carbonyl (C=O) groups is 3. The van der Waals surface area contributed by atoms with Crippen molar-refractivity contribution in [3.8, 4) is 0 Å². The molecule has 0 radical (unpaired) electrons. The molecule has 2 aromatic rings. The molecule has 1 aliphatic heterocycles. The van der Waals surface area contributed by atoms with E-state index in [2.05, 4.69) is 15.3 Å². The first-order valence-corrected chi connectivity index (χ1v) is 7.22. The van der Waals surface area contributed by atoms with Crippen molar-refractivity contribution >= 4 is 24.1 Å². The van der Waals surface area contributed by atoms with E-state index in [-0.39, 0.29) is 13.1 Å². The summed E-state index contributed by atoms with van der Waals surface area (Å²) in [5.74, 6) is -2.01. The average molecular weight is 326 g/mol. The zero-order chi connectivity index (χ0) is 16.9. The van der Waals surface area contributed by atoms with Gasteiger partial charge in [-0.3, -0.25) is 29.8 Å². The zero-order valence-electron chi connectivity index (χ0n) is 12.6. The van der Waals surface area contributed by atoms with E-state index in [9.17, 15) is 14.4 Å². The highest BCUT2D eigenvalue weighted by Gasteiger charge is 2.39. The van der Waals surface area contributed by atoms with Crippen molar-refractivity contribution in [1.82, 2.24) is 15.2 Å². The lowest BCUT2D eigenvalue weighted by Crippen LogP contribution is -2.57. The van der Waals surface area contributed by atoms with Gasteiger partial charge in [-0.1, -0.05) is 6.07 Å². The van der Waals surface area contributed by atoms with Gasteiger partial charge >= 0.3 is 6.03 Å². The van der Waals surface area contributed by atoms with Crippen molar-refractivity contribution in [3.63, 3.8) is 0 Å². The molecule has 4 amide bonds.